The summed E-state index contributed by atoms with van der Waals surface area (Å²) >= 11 is 0. The van der Waals surface area contributed by atoms with Crippen LogP contribution < -0.4 is 0 Å². The van der Waals surface area contributed by atoms with Crippen molar-refractivity contribution >= 4 is 0 Å². The summed E-state index contributed by atoms with van der Waals surface area (Å²) in [6, 6.07) is 0.361. The van der Waals surface area contributed by atoms with E-state index in [1.165, 1.54) is 56.4 Å². The molecule has 0 saturated carbocycles. The zero-order valence-corrected chi connectivity index (χ0v) is 11.5. The van der Waals surface area contributed by atoms with Gasteiger partial charge in [0, 0.05) is 13.1 Å². The highest BCUT2D eigenvalue weighted by molar-refractivity contribution is 4.60. The predicted octanol–water partition coefficient (Wildman–Crippen LogP) is 4.62. The van der Waals surface area contributed by atoms with Crippen LogP contribution in [-0.4, -0.2) is 23.4 Å². The molecular weight excluding hydrogens is 198 g/mol. The van der Waals surface area contributed by atoms with Gasteiger partial charge < -0.3 is 5.21 Å². The average molecular weight is 229 g/mol. The summed E-state index contributed by atoms with van der Waals surface area (Å²) in [4.78, 5) is 0. The number of hydrogen-bond donors (Lipinski definition) is 1. The average Bonchev–Trinajstić information content (AvgIpc) is 2.26. The number of unbranched alkanes of at least 4 members (excludes halogenated alkanes) is 7. The van der Waals surface area contributed by atoms with E-state index in [9.17, 15) is 5.21 Å². The molecule has 1 N–H and O–H groups in total. The third kappa shape index (κ3) is 9.17. The predicted molar refractivity (Wildman–Crippen MR) is 70.9 cm³/mol. The van der Waals surface area contributed by atoms with Crippen molar-refractivity contribution in [1.29, 1.82) is 0 Å². The Balaban J connectivity index is 3.19. The van der Waals surface area contributed by atoms with Crippen molar-refractivity contribution in [2.45, 2.75) is 84.1 Å². The second-order valence-electron chi connectivity index (χ2n) is 4.90. The van der Waals surface area contributed by atoms with Gasteiger partial charge in [-0.1, -0.05) is 65.2 Å². The zero-order valence-electron chi connectivity index (χ0n) is 11.5. The highest BCUT2D eigenvalue weighted by Crippen LogP contribution is 2.13. The van der Waals surface area contributed by atoms with E-state index in [-0.39, 0.29) is 0 Å². The summed E-state index contributed by atoms with van der Waals surface area (Å²) in [7, 11) is 1.76. The van der Waals surface area contributed by atoms with Gasteiger partial charge in [-0.2, -0.15) is 5.06 Å². The van der Waals surface area contributed by atoms with Crippen LogP contribution in [-0.2, 0) is 0 Å². The lowest BCUT2D eigenvalue weighted by atomic mass is 10.0. The summed E-state index contributed by atoms with van der Waals surface area (Å²) in [5.74, 6) is 0. The second kappa shape index (κ2) is 11.4. The molecular formula is C14H31NO. The smallest absolute Gasteiger partial charge is 0.0344 e. The maximum absolute atomic E-state index is 9.35. The molecule has 0 aliphatic carbocycles. The highest BCUT2D eigenvalue weighted by Gasteiger charge is 2.08. The molecule has 0 spiro atoms. The van der Waals surface area contributed by atoms with Crippen LogP contribution in [0.2, 0.25) is 0 Å². The van der Waals surface area contributed by atoms with Crippen molar-refractivity contribution in [3.05, 3.63) is 0 Å². The molecule has 16 heavy (non-hydrogen) atoms. The summed E-state index contributed by atoms with van der Waals surface area (Å²) < 4.78 is 0. The van der Waals surface area contributed by atoms with Crippen LogP contribution in [0.25, 0.3) is 0 Å². The molecule has 0 aromatic carbocycles. The fraction of sp³-hybridized carbons (Fsp3) is 1.00. The summed E-state index contributed by atoms with van der Waals surface area (Å²) in [5.41, 5.74) is 0. The van der Waals surface area contributed by atoms with Gasteiger partial charge in [0.05, 0.1) is 0 Å². The normalized spacial score (nSPS) is 13.3. The number of hydroxylamine groups is 2. The molecule has 0 aliphatic heterocycles. The molecule has 0 amide bonds. The van der Waals surface area contributed by atoms with Crippen molar-refractivity contribution in [1.82, 2.24) is 5.06 Å². The van der Waals surface area contributed by atoms with E-state index in [2.05, 4.69) is 13.8 Å². The molecule has 0 aliphatic rings. The first kappa shape index (κ1) is 15.9. The lowest BCUT2D eigenvalue weighted by Crippen LogP contribution is -2.27. The number of hydrogen-bond acceptors (Lipinski definition) is 2. The van der Waals surface area contributed by atoms with Crippen LogP contribution in [0.15, 0.2) is 0 Å². The number of nitrogens with zero attached hydrogens (tertiary/aromatic N) is 1. The largest absolute Gasteiger partial charge is 0.314 e. The van der Waals surface area contributed by atoms with Gasteiger partial charge in [-0.25, -0.2) is 0 Å². The Labute approximate surface area is 102 Å². The van der Waals surface area contributed by atoms with Crippen molar-refractivity contribution < 1.29 is 5.21 Å². The molecule has 0 aromatic heterocycles. The van der Waals surface area contributed by atoms with E-state index in [0.717, 1.165) is 12.8 Å². The van der Waals surface area contributed by atoms with Crippen molar-refractivity contribution in [3.63, 3.8) is 0 Å². The van der Waals surface area contributed by atoms with E-state index >= 15 is 0 Å². The minimum Gasteiger partial charge on any atom is -0.314 e. The van der Waals surface area contributed by atoms with Crippen LogP contribution in [0.5, 0.6) is 0 Å². The minimum absolute atomic E-state index is 0.361. The lowest BCUT2D eigenvalue weighted by molar-refractivity contribution is -0.105. The molecule has 98 valence electrons. The van der Waals surface area contributed by atoms with Gasteiger partial charge >= 0.3 is 0 Å². The van der Waals surface area contributed by atoms with Crippen LogP contribution in [0, 0.1) is 0 Å². The quantitative estimate of drug-likeness (QED) is 0.413. The van der Waals surface area contributed by atoms with Gasteiger partial charge in [-0.05, 0) is 12.8 Å². The Bertz CT molecular complexity index is 137. The molecule has 0 fully saturated rings. The van der Waals surface area contributed by atoms with Crippen molar-refractivity contribution in [2.75, 3.05) is 7.05 Å². The first-order valence-electron chi connectivity index (χ1n) is 7.14. The van der Waals surface area contributed by atoms with E-state index in [4.69, 9.17) is 0 Å². The SMILES string of the molecule is CCCCCCCCCCC(CC)N(C)O. The van der Waals surface area contributed by atoms with Gasteiger partial charge in [-0.3, -0.25) is 0 Å². The molecule has 0 rings (SSSR count). The monoisotopic (exact) mass is 229 g/mol. The van der Waals surface area contributed by atoms with Gasteiger partial charge in [-0.15, -0.1) is 0 Å². The third-order valence-electron chi connectivity index (χ3n) is 3.39. The van der Waals surface area contributed by atoms with Gasteiger partial charge in [0.2, 0.25) is 0 Å². The molecule has 1 unspecified atom stereocenters. The van der Waals surface area contributed by atoms with Crippen molar-refractivity contribution in [3.8, 4) is 0 Å². The molecule has 0 bridgehead atoms. The molecule has 0 saturated heterocycles. The molecule has 0 aromatic rings. The van der Waals surface area contributed by atoms with Gasteiger partial charge in [0.25, 0.3) is 0 Å². The fourth-order valence-corrected chi connectivity index (χ4v) is 2.17. The van der Waals surface area contributed by atoms with Crippen LogP contribution in [0.1, 0.15) is 78.1 Å². The maximum Gasteiger partial charge on any atom is 0.0344 e. The number of rotatable bonds is 11. The van der Waals surface area contributed by atoms with E-state index in [1.807, 2.05) is 0 Å². The minimum atomic E-state index is 0.361. The van der Waals surface area contributed by atoms with Crippen LogP contribution >= 0.6 is 0 Å². The van der Waals surface area contributed by atoms with E-state index in [1.54, 1.807) is 7.05 Å². The topological polar surface area (TPSA) is 23.5 Å². The van der Waals surface area contributed by atoms with Crippen LogP contribution in [0.3, 0.4) is 0 Å². The summed E-state index contributed by atoms with van der Waals surface area (Å²) in [6.45, 7) is 4.40. The highest BCUT2D eigenvalue weighted by atomic mass is 16.5. The maximum atomic E-state index is 9.35. The Morgan fingerprint density at radius 2 is 1.38 bits per heavy atom. The summed E-state index contributed by atoms with van der Waals surface area (Å²) in [5, 5.41) is 10.7. The standard InChI is InChI=1S/C14H31NO/c1-4-6-7-8-9-10-11-12-13-14(5-2)15(3)16/h14,16H,4-13H2,1-3H3. The third-order valence-corrected chi connectivity index (χ3v) is 3.39. The first-order chi connectivity index (χ1) is 7.72. The fourth-order valence-electron chi connectivity index (χ4n) is 2.17. The Morgan fingerprint density at radius 1 is 0.875 bits per heavy atom. The second-order valence-corrected chi connectivity index (χ2v) is 4.90. The van der Waals surface area contributed by atoms with E-state index in [0.29, 0.717) is 6.04 Å². The molecule has 2 nitrogen and oxygen atoms in total. The Morgan fingerprint density at radius 3 is 1.81 bits per heavy atom. The van der Waals surface area contributed by atoms with Gasteiger partial charge in [0.15, 0.2) is 0 Å². The lowest BCUT2D eigenvalue weighted by Gasteiger charge is -2.20. The molecule has 2 heteroatoms. The van der Waals surface area contributed by atoms with E-state index < -0.39 is 0 Å². The Hall–Kier alpha value is -0.0800. The zero-order chi connectivity index (χ0) is 12.2. The summed E-state index contributed by atoms with van der Waals surface area (Å²) in [6.07, 6.45) is 13.1. The van der Waals surface area contributed by atoms with Crippen molar-refractivity contribution in [2.24, 2.45) is 0 Å². The van der Waals surface area contributed by atoms with Crippen LogP contribution in [0.4, 0.5) is 0 Å². The molecule has 0 radical (unpaired) electrons. The Kier molecular flexibility index (Phi) is 11.3. The van der Waals surface area contributed by atoms with Gasteiger partial charge in [0.1, 0.15) is 0 Å². The first-order valence-corrected chi connectivity index (χ1v) is 7.14. The molecule has 0 heterocycles. The molecule has 1 atom stereocenters.